The van der Waals surface area contributed by atoms with Crippen LogP contribution in [-0.4, -0.2) is 30.0 Å². The van der Waals surface area contributed by atoms with Crippen LogP contribution in [0.1, 0.15) is 18.4 Å². The van der Waals surface area contributed by atoms with E-state index in [1.54, 1.807) is 59.8 Å². The topological polar surface area (TPSA) is 80.2 Å². The third-order valence-electron chi connectivity index (χ3n) is 4.86. The second-order valence-corrected chi connectivity index (χ2v) is 10.7. The van der Waals surface area contributed by atoms with Crippen molar-refractivity contribution >= 4 is 54.0 Å². The van der Waals surface area contributed by atoms with E-state index >= 15 is 0 Å². The van der Waals surface area contributed by atoms with Gasteiger partial charge in [-0.25, -0.2) is 13.4 Å². The summed E-state index contributed by atoms with van der Waals surface area (Å²) < 4.78 is 26.0. The lowest BCUT2D eigenvalue weighted by Crippen LogP contribution is -2.30. The van der Waals surface area contributed by atoms with Gasteiger partial charge < -0.3 is 0 Å². The number of aromatic nitrogens is 2. The van der Waals surface area contributed by atoms with Gasteiger partial charge in [-0.05, 0) is 42.3 Å². The van der Waals surface area contributed by atoms with Crippen molar-refractivity contribution in [3.8, 4) is 0 Å². The largest absolute Gasteiger partial charge is 0.284 e. The van der Waals surface area contributed by atoms with Crippen LogP contribution in [0.15, 0.2) is 78.0 Å². The molecule has 9 heteroatoms. The number of halogens is 1. The first-order valence-electron chi connectivity index (χ1n) is 9.96. The van der Waals surface area contributed by atoms with Gasteiger partial charge in [0, 0.05) is 18.8 Å². The highest BCUT2D eigenvalue weighted by molar-refractivity contribution is 7.91. The number of carbonyl (C=O) groups is 1. The number of hydrogen-bond acceptors (Lipinski definition) is 6. The quantitative estimate of drug-likeness (QED) is 0.345. The number of rotatable bonds is 8. The molecule has 0 bridgehead atoms. The highest BCUT2D eigenvalue weighted by atomic mass is 35.5. The Morgan fingerprint density at radius 1 is 1.03 bits per heavy atom. The molecule has 32 heavy (non-hydrogen) atoms. The van der Waals surface area contributed by atoms with E-state index in [0.29, 0.717) is 15.7 Å². The SMILES string of the molecule is O=C(CCCS(=O)(=O)c1ccccc1)N(Cc1cccnc1)c1nc2c(Cl)cccc2s1. The van der Waals surface area contributed by atoms with E-state index in [4.69, 9.17) is 11.6 Å². The molecule has 0 aliphatic heterocycles. The van der Waals surface area contributed by atoms with Gasteiger partial charge >= 0.3 is 0 Å². The van der Waals surface area contributed by atoms with Crippen molar-refractivity contribution in [2.24, 2.45) is 0 Å². The molecular weight excluding hydrogens is 466 g/mol. The maximum atomic E-state index is 13.2. The molecule has 2 aromatic carbocycles. The number of para-hydroxylation sites is 1. The van der Waals surface area contributed by atoms with Crippen molar-refractivity contribution in [1.29, 1.82) is 0 Å². The third-order valence-corrected chi connectivity index (χ3v) is 8.03. The molecule has 2 heterocycles. The molecule has 0 spiro atoms. The molecule has 4 aromatic rings. The van der Waals surface area contributed by atoms with Crippen LogP contribution < -0.4 is 4.90 Å². The maximum absolute atomic E-state index is 13.2. The lowest BCUT2D eigenvalue weighted by molar-refractivity contribution is -0.118. The number of hydrogen-bond donors (Lipinski definition) is 0. The van der Waals surface area contributed by atoms with E-state index in [9.17, 15) is 13.2 Å². The minimum atomic E-state index is -3.44. The summed E-state index contributed by atoms with van der Waals surface area (Å²) in [6.45, 7) is 0.287. The first kappa shape index (κ1) is 22.4. The molecule has 6 nitrogen and oxygen atoms in total. The first-order valence-corrected chi connectivity index (χ1v) is 12.8. The zero-order valence-corrected chi connectivity index (χ0v) is 19.4. The zero-order chi connectivity index (χ0) is 22.6. The van der Waals surface area contributed by atoms with Crippen LogP contribution in [0.2, 0.25) is 5.02 Å². The molecule has 0 unspecified atom stereocenters. The predicted octanol–water partition coefficient (Wildman–Crippen LogP) is 5.13. The van der Waals surface area contributed by atoms with Gasteiger partial charge in [-0.1, -0.05) is 53.3 Å². The molecule has 0 aliphatic rings. The molecule has 0 N–H and O–H groups in total. The lowest BCUT2D eigenvalue weighted by Gasteiger charge is -2.20. The zero-order valence-electron chi connectivity index (χ0n) is 17.0. The Balaban J connectivity index is 1.54. The number of anilines is 1. The van der Waals surface area contributed by atoms with Crippen molar-refractivity contribution in [2.45, 2.75) is 24.3 Å². The average Bonchev–Trinajstić information content (AvgIpc) is 3.24. The summed E-state index contributed by atoms with van der Waals surface area (Å²) in [7, 11) is -3.44. The fourth-order valence-electron chi connectivity index (χ4n) is 3.25. The standard InChI is InChI=1S/C23H20ClN3O3S2/c24-19-10-4-11-20-22(19)26-23(31-20)27(16-17-7-5-13-25-15-17)21(28)12-6-14-32(29,30)18-8-2-1-3-9-18/h1-5,7-11,13,15H,6,12,14,16H2. The van der Waals surface area contributed by atoms with Crippen LogP contribution in [-0.2, 0) is 21.2 Å². The molecule has 0 atom stereocenters. The monoisotopic (exact) mass is 485 g/mol. The number of pyridine rings is 1. The minimum absolute atomic E-state index is 0.0793. The van der Waals surface area contributed by atoms with Crippen LogP contribution >= 0.6 is 22.9 Å². The number of fused-ring (bicyclic) bond motifs is 1. The Morgan fingerprint density at radius 3 is 2.56 bits per heavy atom. The van der Waals surface area contributed by atoms with Gasteiger partial charge in [-0.2, -0.15) is 0 Å². The van der Waals surface area contributed by atoms with E-state index in [0.717, 1.165) is 10.3 Å². The van der Waals surface area contributed by atoms with Crippen LogP contribution in [0.3, 0.4) is 0 Å². The Labute approximate surface area is 195 Å². The van der Waals surface area contributed by atoms with Crippen molar-refractivity contribution in [3.63, 3.8) is 0 Å². The van der Waals surface area contributed by atoms with Crippen molar-refractivity contribution in [1.82, 2.24) is 9.97 Å². The van der Waals surface area contributed by atoms with Gasteiger partial charge in [-0.15, -0.1) is 0 Å². The van der Waals surface area contributed by atoms with E-state index in [-0.39, 0.29) is 35.9 Å². The van der Waals surface area contributed by atoms with Crippen molar-refractivity contribution in [2.75, 3.05) is 10.7 Å². The molecule has 0 saturated heterocycles. The van der Waals surface area contributed by atoms with Crippen LogP contribution in [0.4, 0.5) is 5.13 Å². The van der Waals surface area contributed by atoms with Crippen molar-refractivity contribution in [3.05, 3.63) is 83.6 Å². The molecule has 0 radical (unpaired) electrons. The van der Waals surface area contributed by atoms with Gasteiger partial charge in [0.05, 0.1) is 26.9 Å². The number of benzene rings is 2. The van der Waals surface area contributed by atoms with Crippen molar-refractivity contribution < 1.29 is 13.2 Å². The summed E-state index contributed by atoms with van der Waals surface area (Å²) >= 11 is 7.64. The summed E-state index contributed by atoms with van der Waals surface area (Å²) in [5, 5.41) is 1.04. The number of thiazole rings is 1. The fourth-order valence-corrected chi connectivity index (χ4v) is 5.86. The molecule has 164 valence electrons. The molecule has 4 rings (SSSR count). The van der Waals surface area contributed by atoms with Gasteiger partial charge in [0.25, 0.3) is 0 Å². The van der Waals surface area contributed by atoms with Crippen LogP contribution in [0, 0.1) is 0 Å². The highest BCUT2D eigenvalue weighted by Gasteiger charge is 2.22. The molecule has 0 saturated carbocycles. The Morgan fingerprint density at radius 2 is 1.84 bits per heavy atom. The summed E-state index contributed by atoms with van der Waals surface area (Å²) in [6.07, 6.45) is 3.66. The number of amides is 1. The second-order valence-electron chi connectivity index (χ2n) is 7.16. The summed E-state index contributed by atoms with van der Waals surface area (Å²) in [4.78, 5) is 23.7. The van der Waals surface area contributed by atoms with E-state index in [1.807, 2.05) is 18.2 Å². The number of sulfone groups is 1. The Hall–Kier alpha value is -2.81. The second kappa shape index (κ2) is 9.77. The normalized spacial score (nSPS) is 11.5. The number of carbonyl (C=O) groups excluding carboxylic acids is 1. The summed E-state index contributed by atoms with van der Waals surface area (Å²) in [5.41, 5.74) is 1.49. The van der Waals surface area contributed by atoms with Gasteiger partial charge in [0.15, 0.2) is 15.0 Å². The first-order chi connectivity index (χ1) is 15.4. The fraction of sp³-hybridized carbons (Fsp3) is 0.174. The average molecular weight is 486 g/mol. The van der Waals surface area contributed by atoms with E-state index in [2.05, 4.69) is 9.97 Å². The van der Waals surface area contributed by atoms with Gasteiger partial charge in [0.1, 0.15) is 5.52 Å². The third kappa shape index (κ3) is 5.15. The molecular formula is C23H20ClN3O3S2. The van der Waals surface area contributed by atoms with Crippen LogP contribution in [0.5, 0.6) is 0 Å². The lowest BCUT2D eigenvalue weighted by atomic mass is 10.2. The van der Waals surface area contributed by atoms with E-state index < -0.39 is 9.84 Å². The van der Waals surface area contributed by atoms with Gasteiger partial charge in [0.2, 0.25) is 5.91 Å². The highest BCUT2D eigenvalue weighted by Crippen LogP contribution is 2.33. The summed E-state index contributed by atoms with van der Waals surface area (Å²) in [6, 6.07) is 17.5. The predicted molar refractivity (Wildman–Crippen MR) is 128 cm³/mol. The van der Waals surface area contributed by atoms with Crippen LogP contribution in [0.25, 0.3) is 10.2 Å². The van der Waals surface area contributed by atoms with Gasteiger partial charge in [-0.3, -0.25) is 14.7 Å². The molecule has 1 amide bonds. The van der Waals surface area contributed by atoms with E-state index in [1.165, 1.54) is 11.3 Å². The summed E-state index contributed by atoms with van der Waals surface area (Å²) in [5.74, 6) is -0.304. The number of nitrogens with zero attached hydrogens (tertiary/aromatic N) is 3. The molecule has 0 fully saturated rings. The Kier molecular flexibility index (Phi) is 6.83. The Bertz CT molecular complexity index is 1330. The molecule has 2 aromatic heterocycles. The maximum Gasteiger partial charge on any atom is 0.229 e. The minimum Gasteiger partial charge on any atom is -0.284 e. The smallest absolute Gasteiger partial charge is 0.229 e. The molecule has 0 aliphatic carbocycles.